The summed E-state index contributed by atoms with van der Waals surface area (Å²) in [5, 5.41) is 42.9. The van der Waals surface area contributed by atoms with Crippen LogP contribution in [0.1, 0.15) is 135 Å². The summed E-state index contributed by atoms with van der Waals surface area (Å²) in [6.45, 7) is 3.84. The van der Waals surface area contributed by atoms with Gasteiger partial charge < -0.3 is 47.2 Å². The van der Waals surface area contributed by atoms with E-state index in [0.717, 1.165) is 96.3 Å². The van der Waals surface area contributed by atoms with Crippen LogP contribution in [-0.4, -0.2) is 106 Å². The van der Waals surface area contributed by atoms with E-state index >= 15 is 0 Å². The topological polar surface area (TPSA) is 250 Å². The number of hydrogen-bond donors (Lipinski definition) is 9. The first-order valence-electron chi connectivity index (χ1n) is 21.6. The van der Waals surface area contributed by atoms with E-state index in [2.05, 4.69) is 31.9 Å². The standard InChI is InChI=1S/C39H75N9O9/c49-31-19-25-43-34(52)40-22-13-7-1-4-10-16-28-46-37(55)47(29-17-11-5-2-8-14-23-41-35(53)44-26-20-32-50)39(57)48(38(46)56)30-18-12-6-3-9-15-24-42-36(54)45-27-21-33-51/h49-51H,1-33H2,(H2,40,43,52)(H2,41,44,53)(H2,42,45,54). The quantitative estimate of drug-likeness (QED) is 0.0450. The van der Waals surface area contributed by atoms with Gasteiger partial charge in [0.1, 0.15) is 0 Å². The highest BCUT2D eigenvalue weighted by Gasteiger charge is 2.15. The molecule has 0 bridgehead atoms. The number of nitrogens with one attached hydrogen (secondary N) is 6. The molecule has 57 heavy (non-hydrogen) atoms. The predicted octanol–water partition coefficient (Wildman–Crippen LogP) is 2.24. The van der Waals surface area contributed by atoms with Gasteiger partial charge in [-0.1, -0.05) is 77.0 Å². The summed E-state index contributed by atoms with van der Waals surface area (Å²) in [5.41, 5.74) is -1.66. The highest BCUT2D eigenvalue weighted by Crippen LogP contribution is 2.08. The van der Waals surface area contributed by atoms with Crippen LogP contribution in [0.4, 0.5) is 14.4 Å². The lowest BCUT2D eigenvalue weighted by molar-refractivity contribution is 0.237. The molecule has 0 saturated carbocycles. The number of carbonyl (C=O) groups excluding carboxylic acids is 3. The summed E-state index contributed by atoms with van der Waals surface area (Å²) in [6, 6.07) is -0.711. The predicted molar refractivity (Wildman–Crippen MR) is 222 cm³/mol. The van der Waals surface area contributed by atoms with Crippen LogP contribution in [0.3, 0.4) is 0 Å². The van der Waals surface area contributed by atoms with E-state index in [0.29, 0.717) is 77.8 Å². The molecule has 1 heterocycles. The zero-order valence-corrected chi connectivity index (χ0v) is 34.5. The van der Waals surface area contributed by atoms with E-state index in [4.69, 9.17) is 15.3 Å². The average Bonchev–Trinajstić information content (AvgIpc) is 3.19. The Labute approximate surface area is 338 Å². The minimum absolute atomic E-state index is 0.0357. The van der Waals surface area contributed by atoms with Gasteiger partial charge in [-0.25, -0.2) is 42.5 Å². The Morgan fingerprint density at radius 1 is 0.316 bits per heavy atom. The van der Waals surface area contributed by atoms with Crippen molar-refractivity contribution in [1.29, 1.82) is 0 Å². The minimum atomic E-state index is -0.552. The van der Waals surface area contributed by atoms with Crippen molar-refractivity contribution >= 4 is 18.1 Å². The summed E-state index contributed by atoms with van der Waals surface area (Å²) in [7, 11) is 0. The molecule has 1 rings (SSSR count). The van der Waals surface area contributed by atoms with Crippen molar-refractivity contribution < 1.29 is 29.7 Å². The number of aliphatic hydroxyl groups excluding tert-OH is 3. The number of nitrogens with zero attached hydrogens (tertiary/aromatic N) is 3. The molecule has 18 nitrogen and oxygen atoms in total. The maximum Gasteiger partial charge on any atom is 0.336 e. The Bertz CT molecular complexity index is 1190. The zero-order chi connectivity index (χ0) is 41.8. The molecular weight excluding hydrogens is 738 g/mol. The smallest absolute Gasteiger partial charge is 0.336 e. The van der Waals surface area contributed by atoms with Crippen molar-refractivity contribution in [1.82, 2.24) is 45.6 Å². The van der Waals surface area contributed by atoms with Gasteiger partial charge in [-0.15, -0.1) is 0 Å². The molecule has 9 N–H and O–H groups in total. The number of amides is 6. The van der Waals surface area contributed by atoms with E-state index in [9.17, 15) is 28.8 Å². The van der Waals surface area contributed by atoms with E-state index in [1.165, 1.54) is 13.7 Å². The first kappa shape index (κ1) is 51.1. The molecule has 18 heteroatoms. The van der Waals surface area contributed by atoms with Crippen LogP contribution in [0.25, 0.3) is 0 Å². The molecule has 6 amide bonds. The Morgan fingerprint density at radius 2 is 0.509 bits per heavy atom. The number of hydrogen-bond acceptors (Lipinski definition) is 9. The SMILES string of the molecule is O=C(NCCCO)NCCCCCCCCn1c(=O)n(CCCCCCCCNC(=O)NCCCO)c(=O)n(CCCCCCCCNC(=O)NCCCO)c1=O. The molecular formula is C39H75N9O9. The molecule has 1 aromatic heterocycles. The molecule has 0 atom stereocenters. The van der Waals surface area contributed by atoms with Gasteiger partial charge in [-0.05, 0) is 57.8 Å². The number of rotatable bonds is 36. The molecule has 0 radical (unpaired) electrons. The second-order valence-electron chi connectivity index (χ2n) is 14.4. The fourth-order valence-electron chi connectivity index (χ4n) is 6.20. The van der Waals surface area contributed by atoms with Crippen molar-refractivity contribution in [3.63, 3.8) is 0 Å². The number of urea groups is 3. The third-order valence-electron chi connectivity index (χ3n) is 9.53. The summed E-state index contributed by atoms with van der Waals surface area (Å²) < 4.78 is 3.67. The van der Waals surface area contributed by atoms with Crippen LogP contribution < -0.4 is 49.0 Å². The molecule has 0 fully saturated rings. The van der Waals surface area contributed by atoms with Crippen molar-refractivity contribution in [2.45, 2.75) is 154 Å². The van der Waals surface area contributed by atoms with Crippen molar-refractivity contribution in [3.05, 3.63) is 31.5 Å². The minimum Gasteiger partial charge on any atom is -0.396 e. The van der Waals surface area contributed by atoms with Gasteiger partial charge in [0.05, 0.1) is 0 Å². The molecule has 0 spiro atoms. The average molecular weight is 814 g/mol. The lowest BCUT2D eigenvalue weighted by atomic mass is 10.1. The zero-order valence-electron chi connectivity index (χ0n) is 34.5. The summed E-state index contributed by atoms with van der Waals surface area (Å²) in [6.07, 6.45) is 16.9. The van der Waals surface area contributed by atoms with Crippen molar-refractivity contribution in [3.8, 4) is 0 Å². The van der Waals surface area contributed by atoms with E-state index in [-0.39, 0.29) is 57.5 Å². The number of unbranched alkanes of at least 4 members (excludes halogenated alkanes) is 15. The first-order valence-corrected chi connectivity index (χ1v) is 21.6. The number of aliphatic hydroxyl groups is 3. The van der Waals surface area contributed by atoms with Gasteiger partial charge in [0.15, 0.2) is 0 Å². The van der Waals surface area contributed by atoms with Gasteiger partial charge in [-0.2, -0.15) is 0 Å². The van der Waals surface area contributed by atoms with Gasteiger partial charge in [0.25, 0.3) is 0 Å². The Hall–Kier alpha value is -3.90. The number of aromatic nitrogens is 3. The van der Waals surface area contributed by atoms with E-state index in [1.54, 1.807) is 0 Å². The molecule has 1 aromatic rings. The summed E-state index contributed by atoms with van der Waals surface area (Å²) >= 11 is 0. The molecule has 330 valence electrons. The molecule has 0 saturated heterocycles. The second-order valence-corrected chi connectivity index (χ2v) is 14.4. The summed E-state index contributed by atoms with van der Waals surface area (Å²) in [4.78, 5) is 75.6. The Morgan fingerprint density at radius 3 is 0.737 bits per heavy atom. The van der Waals surface area contributed by atoms with Crippen molar-refractivity contribution in [2.24, 2.45) is 0 Å². The lowest BCUT2D eigenvalue weighted by Gasteiger charge is -2.14. The Kier molecular flexibility index (Phi) is 31.6. The third kappa shape index (κ3) is 25.9. The highest BCUT2D eigenvalue weighted by molar-refractivity contribution is 5.74. The maximum atomic E-state index is 13.5. The van der Waals surface area contributed by atoms with Crippen LogP contribution >= 0.6 is 0 Å². The number of carbonyl (C=O) groups is 3. The molecule has 0 aliphatic carbocycles. The van der Waals surface area contributed by atoms with E-state index < -0.39 is 17.1 Å². The van der Waals surface area contributed by atoms with Gasteiger partial charge >= 0.3 is 35.2 Å². The van der Waals surface area contributed by atoms with Gasteiger partial charge in [0.2, 0.25) is 0 Å². The van der Waals surface area contributed by atoms with Crippen LogP contribution in [0.2, 0.25) is 0 Å². The molecule has 0 aliphatic rings. The fourth-order valence-corrected chi connectivity index (χ4v) is 6.20. The third-order valence-corrected chi connectivity index (χ3v) is 9.53. The Balaban J connectivity index is 2.61. The van der Waals surface area contributed by atoms with Crippen LogP contribution in [-0.2, 0) is 19.6 Å². The molecule has 0 unspecified atom stereocenters. The van der Waals surface area contributed by atoms with Crippen molar-refractivity contribution in [2.75, 3.05) is 59.1 Å². The van der Waals surface area contributed by atoms with Gasteiger partial charge in [-0.3, -0.25) is 0 Å². The monoisotopic (exact) mass is 814 g/mol. The van der Waals surface area contributed by atoms with E-state index in [1.807, 2.05) is 0 Å². The highest BCUT2D eigenvalue weighted by atomic mass is 16.3. The second kappa shape index (κ2) is 35.3. The molecule has 0 aliphatic heterocycles. The summed E-state index contributed by atoms with van der Waals surface area (Å²) in [5.74, 6) is 0. The van der Waals surface area contributed by atoms with Crippen LogP contribution in [0.5, 0.6) is 0 Å². The normalized spacial score (nSPS) is 11.0. The fraction of sp³-hybridized carbons (Fsp3) is 0.846. The van der Waals surface area contributed by atoms with Crippen LogP contribution in [0, 0.1) is 0 Å². The molecule has 0 aromatic carbocycles. The van der Waals surface area contributed by atoms with Gasteiger partial charge in [0, 0.05) is 78.7 Å². The van der Waals surface area contributed by atoms with Crippen LogP contribution in [0.15, 0.2) is 14.4 Å². The largest absolute Gasteiger partial charge is 0.396 e. The maximum absolute atomic E-state index is 13.5. The lowest BCUT2D eigenvalue weighted by Crippen LogP contribution is -2.54. The first-order chi connectivity index (χ1) is 27.8.